The summed E-state index contributed by atoms with van der Waals surface area (Å²) in [6.45, 7) is 2.73. The summed E-state index contributed by atoms with van der Waals surface area (Å²) in [4.78, 5) is 21.9. The molecular weight excluding hydrogens is 413 g/mol. The number of amidine groups is 1. The molecule has 0 aromatic carbocycles. The normalized spacial score (nSPS) is 23.8. The average Bonchev–Trinajstić information content (AvgIpc) is 2.72. The van der Waals surface area contributed by atoms with Crippen LogP contribution in [0.5, 0.6) is 0 Å². The van der Waals surface area contributed by atoms with Crippen LogP contribution in [0.3, 0.4) is 0 Å². The molecular formula is C22H30FN7O2. The van der Waals surface area contributed by atoms with Gasteiger partial charge in [0.15, 0.2) is 0 Å². The summed E-state index contributed by atoms with van der Waals surface area (Å²) < 4.78 is 18.7. The predicted octanol–water partition coefficient (Wildman–Crippen LogP) is 1.34. The first-order valence-corrected chi connectivity index (χ1v) is 10.7. The van der Waals surface area contributed by atoms with Gasteiger partial charge in [0, 0.05) is 45.2 Å². The minimum absolute atomic E-state index is 0.0259. The second-order valence-electron chi connectivity index (χ2n) is 8.51. The van der Waals surface area contributed by atoms with Gasteiger partial charge in [-0.2, -0.15) is 9.65 Å². The van der Waals surface area contributed by atoms with Crippen molar-refractivity contribution in [2.24, 2.45) is 22.4 Å². The molecule has 0 bridgehead atoms. The molecule has 0 atom stereocenters. The van der Waals surface area contributed by atoms with Crippen molar-refractivity contribution in [1.29, 1.82) is 5.26 Å². The van der Waals surface area contributed by atoms with E-state index in [1.807, 2.05) is 0 Å². The van der Waals surface area contributed by atoms with Crippen LogP contribution < -0.4 is 16.8 Å². The molecule has 2 heterocycles. The highest BCUT2D eigenvalue weighted by molar-refractivity contribution is 6.20. The molecule has 172 valence electrons. The molecule has 0 spiro atoms. The molecule has 1 amide bonds. The maximum atomic E-state index is 13.3. The van der Waals surface area contributed by atoms with Crippen molar-refractivity contribution in [3.63, 3.8) is 0 Å². The highest BCUT2D eigenvalue weighted by Crippen LogP contribution is 2.32. The van der Waals surface area contributed by atoms with E-state index in [2.05, 4.69) is 26.3 Å². The number of hydrogen-bond acceptors (Lipinski definition) is 7. The number of primary amides is 1. The number of hydrogen-bond donors (Lipinski definition) is 3. The van der Waals surface area contributed by atoms with Crippen molar-refractivity contribution in [2.75, 3.05) is 26.7 Å². The van der Waals surface area contributed by atoms with Gasteiger partial charge in [-0.1, -0.05) is 0 Å². The Kier molecular flexibility index (Phi) is 7.77. The van der Waals surface area contributed by atoms with Crippen molar-refractivity contribution < 1.29 is 13.9 Å². The lowest BCUT2D eigenvalue weighted by molar-refractivity contribution is -0.114. The van der Waals surface area contributed by atoms with Crippen molar-refractivity contribution in [1.82, 2.24) is 15.2 Å². The maximum absolute atomic E-state index is 13.3. The monoisotopic (exact) mass is 443 g/mol. The average molecular weight is 444 g/mol. The number of nitrogens with one attached hydrogen (secondary N) is 1. The first kappa shape index (κ1) is 23.6. The summed E-state index contributed by atoms with van der Waals surface area (Å²) in [7, 11) is 1.75. The van der Waals surface area contributed by atoms with E-state index in [0.29, 0.717) is 12.0 Å². The second kappa shape index (κ2) is 10.5. The van der Waals surface area contributed by atoms with E-state index in [1.165, 1.54) is 18.5 Å². The van der Waals surface area contributed by atoms with Crippen LogP contribution in [0.4, 0.5) is 10.1 Å². The molecule has 2 fully saturated rings. The van der Waals surface area contributed by atoms with Crippen LogP contribution in [0.2, 0.25) is 0 Å². The number of pyridine rings is 1. The Hall–Kier alpha value is -3.03. The minimum atomic E-state index is -0.768. The third-order valence-corrected chi connectivity index (χ3v) is 6.30. The number of halogens is 1. The van der Waals surface area contributed by atoms with E-state index in [4.69, 9.17) is 16.2 Å². The third-order valence-electron chi connectivity index (χ3n) is 6.30. The summed E-state index contributed by atoms with van der Waals surface area (Å²) >= 11 is 0. The van der Waals surface area contributed by atoms with Gasteiger partial charge in [0.2, 0.25) is 5.95 Å². The van der Waals surface area contributed by atoms with Crippen LogP contribution in [-0.4, -0.2) is 60.0 Å². The van der Waals surface area contributed by atoms with Gasteiger partial charge in [0.05, 0.1) is 35.4 Å². The molecule has 1 aliphatic heterocycles. The topological polar surface area (TPSA) is 143 Å². The number of nitriles is 1. The van der Waals surface area contributed by atoms with Gasteiger partial charge in [0.1, 0.15) is 5.84 Å². The number of rotatable bonds is 9. The Labute approximate surface area is 187 Å². The highest BCUT2D eigenvalue weighted by Gasteiger charge is 2.36. The zero-order valence-corrected chi connectivity index (χ0v) is 18.3. The summed E-state index contributed by atoms with van der Waals surface area (Å²) in [5, 5.41) is 12.6. The molecule has 1 aliphatic carbocycles. The fraction of sp³-hybridized carbons (Fsp3) is 0.545. The van der Waals surface area contributed by atoms with E-state index in [1.54, 1.807) is 7.11 Å². The molecule has 3 rings (SSSR count). The van der Waals surface area contributed by atoms with Crippen LogP contribution in [-0.2, 0) is 9.53 Å². The van der Waals surface area contributed by atoms with Crippen LogP contribution in [0.1, 0.15) is 32.1 Å². The Morgan fingerprint density at radius 3 is 2.78 bits per heavy atom. The largest absolute Gasteiger partial charge is 0.384 e. The Balaban J connectivity index is 1.66. The molecule has 1 aromatic rings. The summed E-state index contributed by atoms with van der Waals surface area (Å²) in [5.74, 6) is -0.957. The lowest BCUT2D eigenvalue weighted by Crippen LogP contribution is -2.53. The summed E-state index contributed by atoms with van der Waals surface area (Å²) in [5.41, 5.74) is 11.2. The lowest BCUT2D eigenvalue weighted by atomic mass is 9.80. The SMILES string of the molecule is COC1CC(CN2CCC(CC#N)(N/C=C(/C(N)=O)C(N)=Nc3ccnc(F)c3)CC2)C1. The molecule has 10 heteroatoms. The van der Waals surface area contributed by atoms with Gasteiger partial charge in [-0.25, -0.2) is 9.98 Å². The Morgan fingerprint density at radius 1 is 1.47 bits per heavy atom. The zero-order valence-electron chi connectivity index (χ0n) is 18.3. The van der Waals surface area contributed by atoms with Gasteiger partial charge in [-0.05, 0) is 37.7 Å². The lowest BCUT2D eigenvalue weighted by Gasteiger charge is -2.44. The van der Waals surface area contributed by atoms with E-state index < -0.39 is 17.4 Å². The number of likely N-dealkylation sites (tertiary alicyclic amines) is 1. The third kappa shape index (κ3) is 6.02. The van der Waals surface area contributed by atoms with Gasteiger partial charge in [0.25, 0.3) is 5.91 Å². The number of nitrogens with zero attached hydrogens (tertiary/aromatic N) is 4. The fourth-order valence-electron chi connectivity index (χ4n) is 4.23. The smallest absolute Gasteiger partial charge is 0.253 e. The van der Waals surface area contributed by atoms with Crippen LogP contribution in [0.15, 0.2) is 35.1 Å². The number of piperidine rings is 1. The van der Waals surface area contributed by atoms with E-state index in [9.17, 15) is 14.4 Å². The Bertz CT molecular complexity index is 913. The maximum Gasteiger partial charge on any atom is 0.253 e. The van der Waals surface area contributed by atoms with Crippen LogP contribution in [0.25, 0.3) is 0 Å². The number of aliphatic imine (C=N–C) groups is 1. The molecule has 2 aliphatic rings. The number of ether oxygens (including phenoxy) is 1. The van der Waals surface area contributed by atoms with Crippen LogP contribution in [0, 0.1) is 23.2 Å². The number of carbonyl (C=O) groups excluding carboxylic acids is 1. The number of nitrogens with two attached hydrogens (primary N) is 2. The number of aromatic nitrogens is 1. The molecule has 1 aromatic heterocycles. The highest BCUT2D eigenvalue weighted by atomic mass is 19.1. The standard InChI is InChI=1S/C22H30FN7O2/c1-32-17-10-15(11-17)14-30-8-4-22(3-6-24,5-9-30)28-13-18(21(26)31)20(25)29-16-2-7-27-19(23)12-16/h2,7,12-13,15,17,28H,3-5,8-11,14H2,1H3,(H2,26,31)(H2,25,27,29)/b18-13+. The number of methoxy groups -OCH3 is 1. The van der Waals surface area contributed by atoms with Gasteiger partial charge in [-0.3, -0.25) is 4.79 Å². The fourth-order valence-corrected chi connectivity index (χ4v) is 4.23. The first-order chi connectivity index (χ1) is 15.3. The quantitative estimate of drug-likeness (QED) is 0.226. The first-order valence-electron chi connectivity index (χ1n) is 10.7. The summed E-state index contributed by atoms with van der Waals surface area (Å²) in [6.07, 6.45) is 7.04. The van der Waals surface area contributed by atoms with Gasteiger partial charge < -0.3 is 26.4 Å². The molecule has 1 saturated heterocycles. The molecule has 0 unspecified atom stereocenters. The minimum Gasteiger partial charge on any atom is -0.384 e. The van der Waals surface area contributed by atoms with Crippen molar-refractivity contribution >= 4 is 17.4 Å². The van der Waals surface area contributed by atoms with E-state index in [0.717, 1.165) is 51.4 Å². The van der Waals surface area contributed by atoms with E-state index >= 15 is 0 Å². The van der Waals surface area contributed by atoms with Crippen molar-refractivity contribution in [2.45, 2.75) is 43.7 Å². The zero-order chi connectivity index (χ0) is 23.1. The number of amides is 1. The van der Waals surface area contributed by atoms with Crippen molar-refractivity contribution in [3.05, 3.63) is 36.1 Å². The molecule has 9 nitrogen and oxygen atoms in total. The van der Waals surface area contributed by atoms with Gasteiger partial charge >= 0.3 is 0 Å². The number of carbonyl (C=O) groups is 1. The predicted molar refractivity (Wildman–Crippen MR) is 118 cm³/mol. The Morgan fingerprint density at radius 2 is 2.19 bits per heavy atom. The molecule has 1 saturated carbocycles. The van der Waals surface area contributed by atoms with Crippen LogP contribution >= 0.6 is 0 Å². The second-order valence-corrected chi connectivity index (χ2v) is 8.51. The van der Waals surface area contributed by atoms with E-state index in [-0.39, 0.29) is 23.5 Å². The molecule has 32 heavy (non-hydrogen) atoms. The van der Waals surface area contributed by atoms with Gasteiger partial charge in [-0.15, -0.1) is 0 Å². The molecule has 5 N–H and O–H groups in total. The molecule has 0 radical (unpaired) electrons. The summed E-state index contributed by atoms with van der Waals surface area (Å²) in [6, 6.07) is 4.81. The van der Waals surface area contributed by atoms with Crippen molar-refractivity contribution in [3.8, 4) is 6.07 Å².